The van der Waals surface area contributed by atoms with Gasteiger partial charge in [0.05, 0.1) is 7.11 Å². The van der Waals surface area contributed by atoms with Crippen molar-refractivity contribution < 1.29 is 25.0 Å². The highest BCUT2D eigenvalue weighted by molar-refractivity contribution is 5.93. The SMILES string of the molecule is CNNC(=O)c1ccc([NH2+]OC)cc1.O=CCc1cccc(O)c1. The molecule has 0 fully saturated rings. The maximum Gasteiger partial charge on any atom is 0.265 e. The molecule has 0 atom stereocenters. The second-order valence-corrected chi connectivity index (χ2v) is 4.72. The molecule has 0 aliphatic carbocycles. The van der Waals surface area contributed by atoms with Crippen molar-refractivity contribution in [3.05, 3.63) is 59.7 Å². The van der Waals surface area contributed by atoms with Gasteiger partial charge >= 0.3 is 0 Å². The number of amides is 1. The highest BCUT2D eigenvalue weighted by atomic mass is 16.6. The molecule has 24 heavy (non-hydrogen) atoms. The number of aldehydes is 1. The summed E-state index contributed by atoms with van der Waals surface area (Å²) in [6, 6.07) is 13.8. The van der Waals surface area contributed by atoms with Crippen LogP contribution in [-0.2, 0) is 16.1 Å². The molecule has 0 spiro atoms. The number of hydrazine groups is 1. The van der Waals surface area contributed by atoms with Gasteiger partial charge in [-0.25, -0.2) is 10.3 Å². The zero-order valence-corrected chi connectivity index (χ0v) is 13.7. The van der Waals surface area contributed by atoms with Crippen LogP contribution < -0.4 is 16.3 Å². The standard InChI is InChI=1S/C9H13N3O2.C8H8O2/c1-10-11-9(13)7-3-5-8(6-4-7)12-14-2;9-5-4-7-2-1-3-8(10)6-7/h3-6,10,12H,1-2H3,(H,11,13);1-3,5-6,10H,4H2/p+1. The fourth-order valence-electron chi connectivity index (χ4n) is 1.81. The van der Waals surface area contributed by atoms with Crippen molar-refractivity contribution in [2.75, 3.05) is 14.2 Å². The predicted molar refractivity (Wildman–Crippen MR) is 89.4 cm³/mol. The summed E-state index contributed by atoms with van der Waals surface area (Å²) in [5.74, 6) is 0.0517. The third kappa shape index (κ3) is 7.01. The lowest BCUT2D eigenvalue weighted by molar-refractivity contribution is -0.830. The number of nitrogens with two attached hydrogens (primary N) is 1. The summed E-state index contributed by atoms with van der Waals surface area (Å²) in [6.07, 6.45) is 1.18. The van der Waals surface area contributed by atoms with Crippen LogP contribution in [-0.4, -0.2) is 31.5 Å². The maximum absolute atomic E-state index is 11.3. The molecule has 128 valence electrons. The lowest BCUT2D eigenvalue weighted by Crippen LogP contribution is -2.75. The normalized spacial score (nSPS) is 9.58. The highest BCUT2D eigenvalue weighted by Gasteiger charge is 2.04. The first kappa shape index (κ1) is 19.3. The van der Waals surface area contributed by atoms with E-state index in [-0.39, 0.29) is 11.7 Å². The average molecular weight is 332 g/mol. The lowest BCUT2D eigenvalue weighted by atomic mass is 10.2. The smallest absolute Gasteiger partial charge is 0.265 e. The molecule has 2 aromatic rings. The second kappa shape index (κ2) is 10.9. The van der Waals surface area contributed by atoms with Crippen LogP contribution in [0.1, 0.15) is 15.9 Å². The summed E-state index contributed by atoms with van der Waals surface area (Å²) in [5.41, 5.74) is 9.04. The van der Waals surface area contributed by atoms with Gasteiger partial charge in [0.15, 0.2) is 5.69 Å². The Morgan fingerprint density at radius 3 is 2.50 bits per heavy atom. The zero-order chi connectivity index (χ0) is 17.8. The fourth-order valence-corrected chi connectivity index (χ4v) is 1.81. The summed E-state index contributed by atoms with van der Waals surface area (Å²) in [5, 5.41) is 8.92. The molecule has 0 aliphatic heterocycles. The van der Waals surface area contributed by atoms with Crippen LogP contribution in [0.4, 0.5) is 5.69 Å². The number of nitrogens with one attached hydrogen (secondary N) is 2. The third-order valence-electron chi connectivity index (χ3n) is 2.89. The van der Waals surface area contributed by atoms with Gasteiger partial charge in [-0.3, -0.25) is 10.2 Å². The molecule has 0 aromatic heterocycles. The Balaban J connectivity index is 0.000000254. The van der Waals surface area contributed by atoms with Gasteiger partial charge < -0.3 is 9.90 Å². The topological polar surface area (TPSA) is 104 Å². The Labute approximate surface area is 140 Å². The van der Waals surface area contributed by atoms with Crippen LogP contribution in [0.3, 0.4) is 0 Å². The number of carbonyl (C=O) groups is 2. The quantitative estimate of drug-likeness (QED) is 0.349. The van der Waals surface area contributed by atoms with Crippen molar-refractivity contribution in [2.24, 2.45) is 0 Å². The zero-order valence-electron chi connectivity index (χ0n) is 13.7. The average Bonchev–Trinajstić information content (AvgIpc) is 2.57. The minimum absolute atomic E-state index is 0.156. The van der Waals surface area contributed by atoms with Crippen LogP contribution in [0.25, 0.3) is 0 Å². The largest absolute Gasteiger partial charge is 0.508 e. The molecular formula is C17H22N3O4+. The van der Waals surface area contributed by atoms with Gasteiger partial charge in [0.1, 0.15) is 12.0 Å². The van der Waals surface area contributed by atoms with E-state index in [9.17, 15) is 9.59 Å². The van der Waals surface area contributed by atoms with Gasteiger partial charge in [0.2, 0.25) is 0 Å². The third-order valence-corrected chi connectivity index (χ3v) is 2.89. The Morgan fingerprint density at radius 2 is 1.96 bits per heavy atom. The van der Waals surface area contributed by atoms with Crippen LogP contribution >= 0.6 is 0 Å². The van der Waals surface area contributed by atoms with Crippen molar-refractivity contribution in [3.8, 4) is 5.75 Å². The molecule has 2 rings (SSSR count). The molecule has 5 N–H and O–H groups in total. The van der Waals surface area contributed by atoms with E-state index in [1.165, 1.54) is 0 Å². The van der Waals surface area contributed by atoms with Gasteiger partial charge in [-0.15, -0.1) is 0 Å². The first-order valence-corrected chi connectivity index (χ1v) is 7.25. The van der Waals surface area contributed by atoms with Crippen molar-refractivity contribution in [3.63, 3.8) is 0 Å². The molecule has 1 amide bonds. The van der Waals surface area contributed by atoms with E-state index in [1.807, 2.05) is 12.1 Å². The van der Waals surface area contributed by atoms with E-state index >= 15 is 0 Å². The minimum atomic E-state index is -0.156. The van der Waals surface area contributed by atoms with E-state index in [0.717, 1.165) is 17.5 Å². The van der Waals surface area contributed by atoms with Crippen LogP contribution in [0.5, 0.6) is 5.75 Å². The predicted octanol–water partition coefficient (Wildman–Crippen LogP) is 0.441. The number of hydrogen-bond donors (Lipinski definition) is 4. The van der Waals surface area contributed by atoms with E-state index in [4.69, 9.17) is 9.94 Å². The monoisotopic (exact) mass is 332 g/mol. The number of carbonyl (C=O) groups excluding carboxylic acids is 2. The summed E-state index contributed by atoms with van der Waals surface area (Å²) in [6.45, 7) is 0. The molecule has 0 heterocycles. The molecule has 7 nitrogen and oxygen atoms in total. The van der Waals surface area contributed by atoms with E-state index < -0.39 is 0 Å². The molecule has 0 bridgehead atoms. The number of phenols is 1. The minimum Gasteiger partial charge on any atom is -0.508 e. The summed E-state index contributed by atoms with van der Waals surface area (Å²) >= 11 is 0. The van der Waals surface area contributed by atoms with Crippen molar-refractivity contribution >= 4 is 17.9 Å². The number of aromatic hydroxyl groups is 1. The lowest BCUT2D eigenvalue weighted by Gasteiger charge is -2.02. The summed E-state index contributed by atoms with van der Waals surface area (Å²) < 4.78 is 0. The van der Waals surface area contributed by atoms with Crippen LogP contribution in [0, 0.1) is 0 Å². The van der Waals surface area contributed by atoms with Gasteiger partial charge in [-0.2, -0.15) is 5.48 Å². The summed E-state index contributed by atoms with van der Waals surface area (Å²) in [4.78, 5) is 26.1. The number of benzene rings is 2. The second-order valence-electron chi connectivity index (χ2n) is 4.72. The van der Waals surface area contributed by atoms with Gasteiger partial charge in [0, 0.05) is 31.2 Å². The van der Waals surface area contributed by atoms with E-state index in [2.05, 4.69) is 10.9 Å². The number of phenolic OH excluding ortho intramolecular Hbond substituents is 1. The number of rotatable bonds is 6. The van der Waals surface area contributed by atoms with Gasteiger partial charge in [-0.05, 0) is 29.8 Å². The van der Waals surface area contributed by atoms with Gasteiger partial charge in [-0.1, -0.05) is 12.1 Å². The maximum atomic E-state index is 11.3. The Kier molecular flexibility index (Phi) is 8.77. The van der Waals surface area contributed by atoms with Crippen LogP contribution in [0.2, 0.25) is 0 Å². The molecule has 0 radical (unpaired) electrons. The number of hydrogen-bond acceptors (Lipinski definition) is 5. The Morgan fingerprint density at radius 1 is 1.25 bits per heavy atom. The van der Waals surface area contributed by atoms with E-state index in [0.29, 0.717) is 12.0 Å². The van der Waals surface area contributed by atoms with Gasteiger partial charge in [0.25, 0.3) is 5.91 Å². The molecule has 0 saturated heterocycles. The highest BCUT2D eigenvalue weighted by Crippen LogP contribution is 2.10. The van der Waals surface area contributed by atoms with E-state index in [1.54, 1.807) is 56.0 Å². The van der Waals surface area contributed by atoms with Crippen LogP contribution in [0.15, 0.2) is 48.5 Å². The van der Waals surface area contributed by atoms with Crippen molar-refractivity contribution in [1.82, 2.24) is 10.9 Å². The Bertz CT molecular complexity index is 645. The number of quaternary nitrogens is 1. The van der Waals surface area contributed by atoms with Crippen molar-refractivity contribution in [2.45, 2.75) is 6.42 Å². The molecular weight excluding hydrogens is 310 g/mol. The van der Waals surface area contributed by atoms with Crippen molar-refractivity contribution in [1.29, 1.82) is 0 Å². The molecule has 0 aliphatic rings. The first-order valence-electron chi connectivity index (χ1n) is 7.25. The Hall–Kier alpha value is -2.74. The molecule has 2 aromatic carbocycles. The fraction of sp³-hybridized carbons (Fsp3) is 0.176. The first-order chi connectivity index (χ1) is 11.6. The molecule has 0 unspecified atom stereocenters. The summed E-state index contributed by atoms with van der Waals surface area (Å²) in [7, 11) is 3.23. The molecule has 0 saturated carbocycles. The molecule has 7 heteroatoms.